The second-order valence-electron chi connectivity index (χ2n) is 4.17. The van der Waals surface area contributed by atoms with E-state index in [1.165, 1.54) is 12.1 Å². The fraction of sp³-hybridized carbons (Fsp3) is 0.0714. The molecule has 0 spiro atoms. The number of hydrogen-bond acceptors (Lipinski definition) is 1. The molecule has 2 rings (SSSR count). The maximum atomic E-state index is 13.3. The SMILES string of the molecule is Cc1ccc(C(=O)Nc2cc(Cl)c(F)c(Cl)c2)cc1Br. The van der Waals surface area contributed by atoms with Gasteiger partial charge >= 0.3 is 0 Å². The predicted molar refractivity (Wildman–Crippen MR) is 83.3 cm³/mol. The van der Waals surface area contributed by atoms with Gasteiger partial charge in [0.15, 0.2) is 5.82 Å². The van der Waals surface area contributed by atoms with Crippen LogP contribution < -0.4 is 5.32 Å². The molecule has 0 fully saturated rings. The molecule has 2 aromatic carbocycles. The first-order chi connectivity index (χ1) is 9.38. The Morgan fingerprint density at radius 3 is 2.35 bits per heavy atom. The fourth-order valence-electron chi connectivity index (χ4n) is 1.57. The zero-order valence-corrected chi connectivity index (χ0v) is 13.4. The van der Waals surface area contributed by atoms with E-state index in [0.29, 0.717) is 11.3 Å². The Bertz CT molecular complexity index is 668. The van der Waals surface area contributed by atoms with Crippen molar-refractivity contribution < 1.29 is 9.18 Å². The summed E-state index contributed by atoms with van der Waals surface area (Å²) in [4.78, 5) is 12.1. The van der Waals surface area contributed by atoms with Crippen molar-refractivity contribution in [3.8, 4) is 0 Å². The van der Waals surface area contributed by atoms with Crippen LogP contribution in [0.3, 0.4) is 0 Å². The number of carbonyl (C=O) groups excluding carboxylic acids is 1. The third-order valence-electron chi connectivity index (χ3n) is 2.68. The Morgan fingerprint density at radius 1 is 1.20 bits per heavy atom. The van der Waals surface area contributed by atoms with Gasteiger partial charge in [0.05, 0.1) is 10.0 Å². The summed E-state index contributed by atoms with van der Waals surface area (Å²) in [5.41, 5.74) is 1.83. The smallest absolute Gasteiger partial charge is 0.255 e. The Hall–Kier alpha value is -1.10. The van der Waals surface area contributed by atoms with Crippen molar-refractivity contribution in [1.82, 2.24) is 0 Å². The first kappa shape index (κ1) is 15.3. The molecule has 1 amide bonds. The van der Waals surface area contributed by atoms with Crippen molar-refractivity contribution in [3.05, 3.63) is 61.8 Å². The van der Waals surface area contributed by atoms with E-state index in [-0.39, 0.29) is 16.0 Å². The minimum Gasteiger partial charge on any atom is -0.322 e. The Morgan fingerprint density at radius 2 is 1.80 bits per heavy atom. The number of anilines is 1. The van der Waals surface area contributed by atoms with E-state index >= 15 is 0 Å². The number of rotatable bonds is 2. The molecule has 0 aromatic heterocycles. The Labute approximate surface area is 134 Å². The summed E-state index contributed by atoms with van der Waals surface area (Å²) < 4.78 is 14.1. The third kappa shape index (κ3) is 3.32. The van der Waals surface area contributed by atoms with Crippen LogP contribution in [-0.4, -0.2) is 5.91 Å². The minimum absolute atomic E-state index is 0.141. The van der Waals surface area contributed by atoms with Crippen LogP contribution in [0, 0.1) is 12.7 Å². The highest BCUT2D eigenvalue weighted by molar-refractivity contribution is 9.10. The lowest BCUT2D eigenvalue weighted by molar-refractivity contribution is 0.102. The largest absolute Gasteiger partial charge is 0.322 e. The van der Waals surface area contributed by atoms with E-state index in [9.17, 15) is 9.18 Å². The number of hydrogen-bond donors (Lipinski definition) is 1. The average Bonchev–Trinajstić information content (AvgIpc) is 2.39. The normalized spacial score (nSPS) is 10.4. The minimum atomic E-state index is -0.704. The van der Waals surface area contributed by atoms with Crippen LogP contribution >= 0.6 is 39.1 Å². The molecule has 20 heavy (non-hydrogen) atoms. The quantitative estimate of drug-likeness (QED) is 0.693. The lowest BCUT2D eigenvalue weighted by Crippen LogP contribution is -2.12. The van der Waals surface area contributed by atoms with Crippen LogP contribution in [0.25, 0.3) is 0 Å². The van der Waals surface area contributed by atoms with E-state index in [2.05, 4.69) is 21.2 Å². The van der Waals surface area contributed by atoms with Gasteiger partial charge < -0.3 is 5.32 Å². The van der Waals surface area contributed by atoms with E-state index in [4.69, 9.17) is 23.2 Å². The lowest BCUT2D eigenvalue weighted by atomic mass is 10.1. The average molecular weight is 377 g/mol. The van der Waals surface area contributed by atoms with E-state index in [0.717, 1.165) is 10.0 Å². The molecule has 2 aromatic rings. The summed E-state index contributed by atoms with van der Waals surface area (Å²) in [5, 5.41) is 2.34. The van der Waals surface area contributed by atoms with Crippen LogP contribution in [-0.2, 0) is 0 Å². The van der Waals surface area contributed by atoms with Crippen LogP contribution in [0.15, 0.2) is 34.8 Å². The number of benzene rings is 2. The molecule has 0 bridgehead atoms. The van der Waals surface area contributed by atoms with Gasteiger partial charge in [0.2, 0.25) is 0 Å². The second kappa shape index (κ2) is 6.12. The highest BCUT2D eigenvalue weighted by atomic mass is 79.9. The zero-order valence-electron chi connectivity index (χ0n) is 10.3. The zero-order chi connectivity index (χ0) is 14.9. The summed E-state index contributed by atoms with van der Waals surface area (Å²) >= 11 is 14.7. The lowest BCUT2D eigenvalue weighted by Gasteiger charge is -2.08. The summed E-state index contributed by atoms with van der Waals surface area (Å²) in [6.07, 6.45) is 0. The van der Waals surface area contributed by atoms with Gasteiger partial charge in [0.25, 0.3) is 5.91 Å². The molecule has 0 unspecified atom stereocenters. The standard InChI is InChI=1S/C14H9BrCl2FNO/c1-7-2-3-8(4-10(7)15)14(20)19-9-5-11(16)13(18)12(17)6-9/h2-6H,1H3,(H,19,20). The van der Waals surface area contributed by atoms with Crippen molar-refractivity contribution in [1.29, 1.82) is 0 Å². The molecule has 0 saturated heterocycles. The number of aryl methyl sites for hydroxylation is 1. The maximum absolute atomic E-state index is 13.3. The van der Waals surface area contributed by atoms with Gasteiger partial charge in [-0.05, 0) is 36.8 Å². The fourth-order valence-corrected chi connectivity index (χ4v) is 2.43. The maximum Gasteiger partial charge on any atom is 0.255 e. The first-order valence-electron chi connectivity index (χ1n) is 5.60. The van der Waals surface area contributed by atoms with Crippen LogP contribution in [0.4, 0.5) is 10.1 Å². The summed E-state index contributed by atoms with van der Waals surface area (Å²) in [6.45, 7) is 1.92. The summed E-state index contributed by atoms with van der Waals surface area (Å²) in [5.74, 6) is -1.03. The molecular formula is C14H9BrCl2FNO. The van der Waals surface area contributed by atoms with Crippen molar-refractivity contribution in [2.45, 2.75) is 6.92 Å². The predicted octanol–water partition coefficient (Wildman–Crippen LogP) is 5.46. The van der Waals surface area contributed by atoms with Crippen molar-refractivity contribution in [2.24, 2.45) is 0 Å². The molecule has 2 nitrogen and oxygen atoms in total. The van der Waals surface area contributed by atoms with Gasteiger partial charge in [-0.15, -0.1) is 0 Å². The topological polar surface area (TPSA) is 29.1 Å². The van der Waals surface area contributed by atoms with Crippen molar-refractivity contribution in [2.75, 3.05) is 5.32 Å². The molecule has 0 radical (unpaired) electrons. The molecule has 1 N–H and O–H groups in total. The Balaban J connectivity index is 2.25. The number of halogens is 4. The summed E-state index contributed by atoms with van der Waals surface area (Å²) in [7, 11) is 0. The van der Waals surface area contributed by atoms with Gasteiger partial charge in [-0.3, -0.25) is 4.79 Å². The molecule has 0 heterocycles. The summed E-state index contributed by atoms with van der Waals surface area (Å²) in [6, 6.07) is 7.84. The van der Waals surface area contributed by atoms with E-state index in [1.807, 2.05) is 13.0 Å². The van der Waals surface area contributed by atoms with Gasteiger partial charge in [-0.2, -0.15) is 0 Å². The van der Waals surface area contributed by atoms with Crippen molar-refractivity contribution in [3.63, 3.8) is 0 Å². The van der Waals surface area contributed by atoms with Gasteiger partial charge in [-0.25, -0.2) is 4.39 Å². The van der Waals surface area contributed by atoms with Gasteiger partial charge in [0, 0.05) is 15.7 Å². The molecule has 0 saturated carbocycles. The highest BCUT2D eigenvalue weighted by Gasteiger charge is 2.11. The molecule has 0 aliphatic carbocycles. The molecular weight excluding hydrogens is 368 g/mol. The number of carbonyl (C=O) groups is 1. The van der Waals surface area contributed by atoms with Crippen LogP contribution in [0.5, 0.6) is 0 Å². The monoisotopic (exact) mass is 375 g/mol. The van der Waals surface area contributed by atoms with E-state index in [1.54, 1.807) is 12.1 Å². The second-order valence-corrected chi connectivity index (χ2v) is 5.84. The Kier molecular flexibility index (Phi) is 4.68. The van der Waals surface area contributed by atoms with Crippen LogP contribution in [0.1, 0.15) is 15.9 Å². The first-order valence-corrected chi connectivity index (χ1v) is 7.15. The molecule has 0 aliphatic heterocycles. The molecule has 0 atom stereocenters. The third-order valence-corrected chi connectivity index (χ3v) is 4.08. The molecule has 0 aliphatic rings. The van der Waals surface area contributed by atoms with Crippen LogP contribution in [0.2, 0.25) is 10.0 Å². The van der Waals surface area contributed by atoms with E-state index < -0.39 is 5.82 Å². The van der Waals surface area contributed by atoms with Gasteiger partial charge in [0.1, 0.15) is 0 Å². The molecule has 104 valence electrons. The number of nitrogens with one attached hydrogen (secondary N) is 1. The van der Waals surface area contributed by atoms with Crippen molar-refractivity contribution >= 4 is 50.7 Å². The highest BCUT2D eigenvalue weighted by Crippen LogP contribution is 2.27. The number of amides is 1. The van der Waals surface area contributed by atoms with Gasteiger partial charge in [-0.1, -0.05) is 45.2 Å². The molecule has 6 heteroatoms.